The summed E-state index contributed by atoms with van der Waals surface area (Å²) in [5.74, 6) is -0.820. The zero-order valence-electron chi connectivity index (χ0n) is 21.0. The minimum Gasteiger partial charge on any atom is -0.872 e. The Labute approximate surface area is 212 Å². The topological polar surface area (TPSA) is 83.3 Å². The molecule has 0 aliphatic carbocycles. The Kier molecular flexibility index (Phi) is 8.23. The van der Waals surface area contributed by atoms with Crippen LogP contribution in [0.5, 0.6) is 5.75 Å². The van der Waals surface area contributed by atoms with Gasteiger partial charge in [0.25, 0.3) is 5.91 Å². The molecule has 1 unspecified atom stereocenters. The molecule has 7 nitrogen and oxygen atoms in total. The van der Waals surface area contributed by atoms with Crippen molar-refractivity contribution in [1.29, 1.82) is 0 Å². The summed E-state index contributed by atoms with van der Waals surface area (Å²) in [4.78, 5) is 29.3. The number of carbonyl (C=O) groups is 2. The molecule has 0 bridgehead atoms. The number of morpholine rings is 1. The van der Waals surface area contributed by atoms with Crippen LogP contribution in [0.2, 0.25) is 0 Å². The predicted molar refractivity (Wildman–Crippen MR) is 135 cm³/mol. The van der Waals surface area contributed by atoms with E-state index in [1.165, 1.54) is 4.90 Å². The van der Waals surface area contributed by atoms with E-state index >= 15 is 0 Å². The lowest BCUT2D eigenvalue weighted by Gasteiger charge is -2.30. The smallest absolute Gasteiger partial charge is 0.295 e. The van der Waals surface area contributed by atoms with Crippen molar-refractivity contribution in [1.82, 2.24) is 4.90 Å². The van der Waals surface area contributed by atoms with E-state index < -0.39 is 23.5 Å². The van der Waals surface area contributed by atoms with Crippen LogP contribution in [-0.4, -0.2) is 62.6 Å². The maximum atomic E-state index is 13.6. The second-order valence-electron chi connectivity index (χ2n) is 9.53. The number of nitrogens with zero attached hydrogens (tertiary/aromatic N) is 1. The van der Waals surface area contributed by atoms with Gasteiger partial charge in [0.05, 0.1) is 32.3 Å². The maximum Gasteiger partial charge on any atom is 0.295 e. The van der Waals surface area contributed by atoms with Crippen LogP contribution in [0.15, 0.2) is 66.8 Å². The van der Waals surface area contributed by atoms with Crippen LogP contribution in [0.4, 0.5) is 0 Å². The van der Waals surface area contributed by atoms with E-state index in [4.69, 9.17) is 9.47 Å². The molecule has 0 aromatic heterocycles. The van der Waals surface area contributed by atoms with Crippen molar-refractivity contribution in [2.24, 2.45) is 0 Å². The van der Waals surface area contributed by atoms with Gasteiger partial charge in [0, 0.05) is 5.57 Å². The van der Waals surface area contributed by atoms with Crippen LogP contribution in [0.25, 0.3) is 5.76 Å². The second kappa shape index (κ2) is 11.5. The molecule has 2 saturated heterocycles. The van der Waals surface area contributed by atoms with Crippen molar-refractivity contribution in [2.75, 3.05) is 46.0 Å². The average molecular weight is 491 g/mol. The van der Waals surface area contributed by atoms with Crippen molar-refractivity contribution in [3.63, 3.8) is 0 Å². The first-order chi connectivity index (χ1) is 17.4. The maximum absolute atomic E-state index is 13.6. The van der Waals surface area contributed by atoms with Crippen LogP contribution >= 0.6 is 0 Å². The normalized spacial score (nSPS) is 20.2. The van der Waals surface area contributed by atoms with Crippen LogP contribution < -0.4 is 14.7 Å². The Bertz CT molecular complexity index is 1120. The van der Waals surface area contributed by atoms with Gasteiger partial charge in [0.2, 0.25) is 5.78 Å². The molecule has 2 aliphatic rings. The van der Waals surface area contributed by atoms with E-state index in [2.05, 4.69) is 20.4 Å². The van der Waals surface area contributed by atoms with E-state index in [0.29, 0.717) is 50.1 Å². The number of amides is 1. The van der Waals surface area contributed by atoms with E-state index in [9.17, 15) is 14.7 Å². The molecule has 2 aromatic rings. The van der Waals surface area contributed by atoms with Crippen LogP contribution in [0, 0.1) is 0 Å². The molecule has 7 heteroatoms. The molecule has 2 fully saturated rings. The fraction of sp³-hybridized carbons (Fsp3) is 0.379. The number of hydrogen-bond acceptors (Lipinski definition) is 5. The standard InChI is InChI=1S/C29H34N2O5/c1-4-17-36-24-11-9-23(10-12-24)27(32)25-26(22-7-5-21(6-8-22)20(2)3)31(29(34)28(25)33)14-13-30-15-18-35-19-16-30/h4-12,20,26,32H,1,13-19H2,2-3H3. The highest BCUT2D eigenvalue weighted by molar-refractivity contribution is 6.46. The molecule has 2 aromatic carbocycles. The van der Waals surface area contributed by atoms with Gasteiger partial charge in [0.15, 0.2) is 0 Å². The molecular formula is C29H34N2O5. The second-order valence-corrected chi connectivity index (χ2v) is 9.53. The van der Waals surface area contributed by atoms with Gasteiger partial charge in [-0.15, -0.1) is 0 Å². The SMILES string of the molecule is C=CCOc1ccc(C([O-])=C2C(=O)C(=O)N(CC[NH+]3CCOCC3)C2c2ccc(C(C)C)cc2)cc1. The van der Waals surface area contributed by atoms with Crippen LogP contribution in [0.1, 0.15) is 42.5 Å². The van der Waals surface area contributed by atoms with E-state index in [1.807, 2.05) is 24.3 Å². The third-order valence-corrected chi connectivity index (χ3v) is 6.84. The summed E-state index contributed by atoms with van der Waals surface area (Å²) in [6.07, 6.45) is 1.64. The number of hydrogen-bond donors (Lipinski definition) is 1. The number of carbonyl (C=O) groups excluding carboxylic acids is 2. The zero-order chi connectivity index (χ0) is 25.7. The lowest BCUT2D eigenvalue weighted by atomic mass is 9.93. The van der Waals surface area contributed by atoms with E-state index in [0.717, 1.165) is 24.2 Å². The Morgan fingerprint density at radius 3 is 2.42 bits per heavy atom. The number of ether oxygens (including phenoxy) is 2. The molecule has 0 spiro atoms. The van der Waals surface area contributed by atoms with E-state index in [1.54, 1.807) is 35.2 Å². The van der Waals surface area contributed by atoms with Crippen molar-refractivity contribution in [2.45, 2.75) is 25.8 Å². The van der Waals surface area contributed by atoms with E-state index in [-0.39, 0.29) is 5.57 Å². The lowest BCUT2D eigenvalue weighted by Crippen LogP contribution is -3.14. The van der Waals surface area contributed by atoms with Gasteiger partial charge in [-0.05, 0) is 34.7 Å². The first-order valence-corrected chi connectivity index (χ1v) is 12.5. The first-order valence-electron chi connectivity index (χ1n) is 12.5. The summed E-state index contributed by atoms with van der Waals surface area (Å²) in [5.41, 5.74) is 2.28. The highest BCUT2D eigenvalue weighted by Gasteiger charge is 2.44. The lowest BCUT2D eigenvalue weighted by molar-refractivity contribution is -0.907. The number of nitrogens with one attached hydrogen (secondary N) is 1. The minimum absolute atomic E-state index is 0.00837. The molecule has 36 heavy (non-hydrogen) atoms. The van der Waals surface area contributed by atoms with Gasteiger partial charge in [-0.2, -0.15) is 0 Å². The van der Waals surface area contributed by atoms with Crippen molar-refractivity contribution in [3.8, 4) is 5.75 Å². The summed E-state index contributed by atoms with van der Waals surface area (Å²) < 4.78 is 10.9. The molecule has 1 N–H and O–H groups in total. The van der Waals surface area contributed by atoms with Crippen LogP contribution in [0.3, 0.4) is 0 Å². The molecule has 2 aliphatic heterocycles. The average Bonchev–Trinajstić information content (AvgIpc) is 3.16. The predicted octanol–water partition coefficient (Wildman–Crippen LogP) is 1.51. The van der Waals surface area contributed by atoms with Crippen molar-refractivity contribution < 1.29 is 29.1 Å². The minimum atomic E-state index is -0.720. The monoisotopic (exact) mass is 490 g/mol. The first kappa shape index (κ1) is 25.7. The van der Waals surface area contributed by atoms with Crippen molar-refractivity contribution in [3.05, 3.63) is 83.4 Å². The number of rotatable bonds is 9. The zero-order valence-corrected chi connectivity index (χ0v) is 21.0. The summed E-state index contributed by atoms with van der Waals surface area (Å²) in [5, 5.41) is 13.6. The van der Waals surface area contributed by atoms with Gasteiger partial charge in [-0.25, -0.2) is 0 Å². The molecule has 190 valence electrons. The molecule has 0 radical (unpaired) electrons. The number of likely N-dealkylation sites (tertiary alicyclic amines) is 1. The fourth-order valence-corrected chi connectivity index (χ4v) is 4.71. The van der Waals surface area contributed by atoms with Crippen molar-refractivity contribution >= 4 is 17.4 Å². The summed E-state index contributed by atoms with van der Waals surface area (Å²) in [7, 11) is 0. The number of benzene rings is 2. The number of ketones is 1. The molecule has 1 amide bonds. The molecular weight excluding hydrogens is 456 g/mol. The molecule has 0 saturated carbocycles. The fourth-order valence-electron chi connectivity index (χ4n) is 4.71. The largest absolute Gasteiger partial charge is 0.872 e. The summed E-state index contributed by atoms with van der Waals surface area (Å²) in [6.45, 7) is 12.4. The molecule has 2 heterocycles. The number of Topliss-reactive ketones (excluding diaryl/α,β-unsaturated/α-hetero) is 1. The molecule has 1 atom stereocenters. The van der Waals surface area contributed by atoms with Gasteiger partial charge in [-0.1, -0.05) is 68.7 Å². The Balaban J connectivity index is 1.70. The number of quaternary nitrogens is 1. The Morgan fingerprint density at radius 1 is 1.14 bits per heavy atom. The summed E-state index contributed by atoms with van der Waals surface area (Å²) in [6, 6.07) is 13.8. The van der Waals surface area contributed by atoms with Gasteiger partial charge < -0.3 is 24.4 Å². The van der Waals surface area contributed by atoms with Gasteiger partial charge >= 0.3 is 0 Å². The van der Waals surface area contributed by atoms with Gasteiger partial charge in [0.1, 0.15) is 25.4 Å². The highest BCUT2D eigenvalue weighted by Crippen LogP contribution is 2.39. The molecule has 4 rings (SSSR count). The highest BCUT2D eigenvalue weighted by atomic mass is 16.5. The third kappa shape index (κ3) is 5.53. The van der Waals surface area contributed by atoms with Crippen LogP contribution in [-0.2, 0) is 14.3 Å². The quantitative estimate of drug-likeness (QED) is 0.249. The van der Waals surface area contributed by atoms with Gasteiger partial charge in [-0.3, -0.25) is 9.59 Å². The Hall–Kier alpha value is -3.42. The Morgan fingerprint density at radius 2 is 1.81 bits per heavy atom. The third-order valence-electron chi connectivity index (χ3n) is 6.84. The summed E-state index contributed by atoms with van der Waals surface area (Å²) >= 11 is 0.